The Bertz CT molecular complexity index is 1500. The Hall–Kier alpha value is -3.78. The number of thiophene rings is 1. The second-order valence-corrected chi connectivity index (χ2v) is 9.67. The number of rotatable bonds is 6. The van der Waals surface area contributed by atoms with Gasteiger partial charge in [-0.3, -0.25) is 19.0 Å². The number of aromatic nitrogens is 2. The van der Waals surface area contributed by atoms with Gasteiger partial charge in [0.1, 0.15) is 10.6 Å². The van der Waals surface area contributed by atoms with Gasteiger partial charge in [-0.25, -0.2) is 4.98 Å². The molecule has 0 saturated heterocycles. The summed E-state index contributed by atoms with van der Waals surface area (Å²) in [6.07, 6.45) is 1.42. The average Bonchev–Trinajstić information content (AvgIpc) is 3.30. The average molecular weight is 488 g/mol. The van der Waals surface area contributed by atoms with Gasteiger partial charge in [-0.05, 0) is 42.2 Å². The maximum Gasteiger partial charge on any atom is 0.265 e. The van der Waals surface area contributed by atoms with Crippen LogP contribution in [0.5, 0.6) is 5.75 Å². The third-order valence-electron chi connectivity index (χ3n) is 6.30. The monoisotopic (exact) mass is 487 g/mol. The van der Waals surface area contributed by atoms with E-state index in [4.69, 9.17) is 4.74 Å². The van der Waals surface area contributed by atoms with Gasteiger partial charge in [0.15, 0.2) is 12.4 Å². The number of Topliss-reactive ketones (excluding diaryl/α,β-unsaturated/α-hetero) is 1. The highest BCUT2D eigenvalue weighted by Crippen LogP contribution is 2.34. The molecule has 0 fully saturated rings. The summed E-state index contributed by atoms with van der Waals surface area (Å²) < 4.78 is 6.84. The molecule has 8 heteroatoms. The van der Waals surface area contributed by atoms with Crippen LogP contribution in [0.4, 0.5) is 5.69 Å². The van der Waals surface area contributed by atoms with Crippen LogP contribution in [-0.2, 0) is 11.3 Å². The summed E-state index contributed by atoms with van der Waals surface area (Å²) in [5, 5.41) is 2.46. The molecule has 0 bridgehead atoms. The van der Waals surface area contributed by atoms with Crippen molar-refractivity contribution in [2.45, 2.75) is 33.2 Å². The minimum atomic E-state index is -0.251. The number of fused-ring (bicyclic) bond motifs is 2. The predicted octanol–water partition coefficient (Wildman–Crippen LogP) is 4.88. The zero-order valence-electron chi connectivity index (χ0n) is 19.8. The van der Waals surface area contributed by atoms with Gasteiger partial charge in [0, 0.05) is 23.1 Å². The van der Waals surface area contributed by atoms with E-state index in [9.17, 15) is 14.4 Å². The van der Waals surface area contributed by atoms with E-state index in [0.717, 1.165) is 11.1 Å². The van der Waals surface area contributed by atoms with Crippen molar-refractivity contribution in [3.05, 3.63) is 75.7 Å². The largest absolute Gasteiger partial charge is 0.482 e. The molecule has 2 aromatic heterocycles. The Labute approximate surface area is 206 Å². The lowest BCUT2D eigenvalue weighted by Gasteiger charge is -2.28. The Morgan fingerprint density at radius 3 is 2.63 bits per heavy atom. The number of ether oxygens (including phenoxy) is 1. The van der Waals surface area contributed by atoms with Crippen LogP contribution in [0.25, 0.3) is 21.3 Å². The maximum atomic E-state index is 13.4. The Morgan fingerprint density at radius 2 is 1.91 bits per heavy atom. The number of anilines is 1. The van der Waals surface area contributed by atoms with Crippen molar-refractivity contribution in [2.24, 2.45) is 0 Å². The van der Waals surface area contributed by atoms with Crippen LogP contribution < -0.4 is 15.2 Å². The van der Waals surface area contributed by atoms with E-state index in [1.54, 1.807) is 23.1 Å². The standard InChI is InChI=1S/C27H25N3O4S/c1-4-30-21-11-19(9-10-23(21)34-13-24(30)32)22(31)12-29-15-28-26-25(27(29)33)20(14-35-26)18-7-5-17(6-8-18)16(2)3/h5-11,14-16H,4,12-13H2,1-3H3. The van der Waals surface area contributed by atoms with E-state index >= 15 is 0 Å². The van der Waals surface area contributed by atoms with Crippen LogP contribution in [-0.4, -0.2) is 34.4 Å². The molecule has 35 heavy (non-hydrogen) atoms. The Morgan fingerprint density at radius 1 is 1.14 bits per heavy atom. The molecule has 0 aliphatic carbocycles. The lowest BCUT2D eigenvalue weighted by Crippen LogP contribution is -2.38. The number of carbonyl (C=O) groups is 2. The van der Waals surface area contributed by atoms with Crippen LogP contribution in [0.1, 0.15) is 42.6 Å². The highest BCUT2D eigenvalue weighted by atomic mass is 32.1. The van der Waals surface area contributed by atoms with Gasteiger partial charge in [0.05, 0.1) is 23.9 Å². The zero-order valence-corrected chi connectivity index (χ0v) is 20.6. The molecule has 7 nitrogen and oxygen atoms in total. The molecule has 5 rings (SSSR count). The molecule has 2 aromatic carbocycles. The molecule has 0 saturated carbocycles. The molecule has 0 atom stereocenters. The molecular weight excluding hydrogens is 462 g/mol. The van der Waals surface area contributed by atoms with E-state index in [2.05, 4.69) is 31.0 Å². The Kier molecular flexibility index (Phi) is 5.98. The number of amides is 1. The number of carbonyl (C=O) groups excluding carboxylic acids is 2. The fourth-order valence-corrected chi connectivity index (χ4v) is 5.22. The lowest BCUT2D eigenvalue weighted by molar-refractivity contribution is -0.121. The van der Waals surface area contributed by atoms with Gasteiger partial charge in [-0.1, -0.05) is 38.1 Å². The number of nitrogens with zero attached hydrogens (tertiary/aromatic N) is 3. The Balaban J connectivity index is 1.47. The first-order valence-electron chi connectivity index (χ1n) is 11.5. The van der Waals surface area contributed by atoms with E-state index in [1.165, 1.54) is 27.8 Å². The number of likely N-dealkylation sites (N-methyl/N-ethyl adjacent to an activating group) is 1. The summed E-state index contributed by atoms with van der Waals surface area (Å²) in [6.45, 7) is 6.47. The molecule has 4 aromatic rings. The van der Waals surface area contributed by atoms with Crippen LogP contribution in [0, 0.1) is 0 Å². The molecule has 0 radical (unpaired) electrons. The quantitative estimate of drug-likeness (QED) is 0.362. The van der Waals surface area contributed by atoms with Gasteiger partial charge >= 0.3 is 0 Å². The smallest absolute Gasteiger partial charge is 0.265 e. The molecular formula is C27H25N3O4S. The third-order valence-corrected chi connectivity index (χ3v) is 7.19. The highest BCUT2D eigenvalue weighted by molar-refractivity contribution is 7.17. The number of ketones is 1. The van der Waals surface area contributed by atoms with Gasteiger partial charge in [0.2, 0.25) is 0 Å². The van der Waals surface area contributed by atoms with E-state index in [-0.39, 0.29) is 30.4 Å². The number of hydrogen-bond donors (Lipinski definition) is 0. The zero-order chi connectivity index (χ0) is 24.7. The first kappa shape index (κ1) is 23.0. The summed E-state index contributed by atoms with van der Waals surface area (Å²) in [5.74, 6) is 0.589. The van der Waals surface area contributed by atoms with Crippen molar-refractivity contribution in [1.82, 2.24) is 9.55 Å². The number of benzene rings is 2. The van der Waals surface area contributed by atoms with Gasteiger partial charge in [-0.15, -0.1) is 11.3 Å². The molecule has 1 amide bonds. The van der Waals surface area contributed by atoms with Gasteiger partial charge in [-0.2, -0.15) is 0 Å². The molecule has 1 aliphatic heterocycles. The second kappa shape index (κ2) is 9.11. The lowest BCUT2D eigenvalue weighted by atomic mass is 9.99. The molecule has 1 aliphatic rings. The fraction of sp³-hybridized carbons (Fsp3) is 0.259. The first-order chi connectivity index (χ1) is 16.9. The van der Waals surface area contributed by atoms with E-state index in [1.807, 2.05) is 24.4 Å². The summed E-state index contributed by atoms with van der Waals surface area (Å²) in [7, 11) is 0. The minimum absolute atomic E-state index is 0.0155. The van der Waals surface area contributed by atoms with E-state index < -0.39 is 0 Å². The summed E-state index contributed by atoms with van der Waals surface area (Å²) in [6, 6.07) is 13.2. The summed E-state index contributed by atoms with van der Waals surface area (Å²) in [5.41, 5.74) is 3.72. The molecule has 3 heterocycles. The van der Waals surface area contributed by atoms with Gasteiger partial charge < -0.3 is 9.64 Å². The fourth-order valence-electron chi connectivity index (χ4n) is 4.31. The predicted molar refractivity (Wildman–Crippen MR) is 138 cm³/mol. The highest BCUT2D eigenvalue weighted by Gasteiger charge is 2.25. The normalized spacial score (nSPS) is 13.3. The van der Waals surface area contributed by atoms with Crippen molar-refractivity contribution in [1.29, 1.82) is 0 Å². The van der Waals surface area contributed by atoms with Crippen LogP contribution in [0.2, 0.25) is 0 Å². The maximum absolute atomic E-state index is 13.4. The summed E-state index contributed by atoms with van der Waals surface area (Å²) in [4.78, 5) is 45.4. The van der Waals surface area contributed by atoms with Crippen molar-refractivity contribution >= 4 is 38.9 Å². The van der Waals surface area contributed by atoms with Crippen molar-refractivity contribution in [3.8, 4) is 16.9 Å². The molecule has 0 spiro atoms. The number of hydrogen-bond acceptors (Lipinski definition) is 6. The van der Waals surface area contributed by atoms with Crippen molar-refractivity contribution in [3.63, 3.8) is 0 Å². The minimum Gasteiger partial charge on any atom is -0.482 e. The van der Waals surface area contributed by atoms with E-state index in [0.29, 0.717) is 39.7 Å². The first-order valence-corrected chi connectivity index (χ1v) is 12.4. The van der Waals surface area contributed by atoms with Gasteiger partial charge in [0.25, 0.3) is 11.5 Å². The summed E-state index contributed by atoms with van der Waals surface area (Å²) >= 11 is 1.42. The second-order valence-electron chi connectivity index (χ2n) is 8.82. The van der Waals surface area contributed by atoms with Crippen LogP contribution in [0.15, 0.2) is 59.0 Å². The molecule has 178 valence electrons. The van der Waals surface area contributed by atoms with Crippen LogP contribution in [0.3, 0.4) is 0 Å². The SMILES string of the molecule is CCN1C(=O)COc2ccc(C(=O)Cn3cnc4scc(-c5ccc(C(C)C)cc5)c4c3=O)cc21. The van der Waals surface area contributed by atoms with Crippen molar-refractivity contribution < 1.29 is 14.3 Å². The van der Waals surface area contributed by atoms with Crippen LogP contribution >= 0.6 is 11.3 Å². The third kappa shape index (κ3) is 4.14. The topological polar surface area (TPSA) is 81.5 Å². The molecule has 0 N–H and O–H groups in total. The molecule has 0 unspecified atom stereocenters. The van der Waals surface area contributed by atoms with Crippen molar-refractivity contribution in [2.75, 3.05) is 18.1 Å².